The van der Waals surface area contributed by atoms with E-state index in [1.165, 1.54) is 0 Å². The third kappa shape index (κ3) is 3.75. The molecule has 1 heterocycles. The number of anilines is 2. The van der Waals surface area contributed by atoms with Gasteiger partial charge in [-0.1, -0.05) is 0 Å². The van der Waals surface area contributed by atoms with Gasteiger partial charge in [0.2, 0.25) is 0 Å². The summed E-state index contributed by atoms with van der Waals surface area (Å²) in [7, 11) is 1.70. The Morgan fingerprint density at radius 2 is 2.33 bits per heavy atom. The molecular formula is C11H19N3O. The molecule has 84 valence electrons. The number of nitrogens with zero attached hydrogens (tertiary/aromatic N) is 1. The van der Waals surface area contributed by atoms with E-state index in [-0.39, 0.29) is 0 Å². The number of rotatable bonds is 5. The Balaban J connectivity index is 2.53. The van der Waals surface area contributed by atoms with Crippen LogP contribution in [0.4, 0.5) is 11.5 Å². The highest BCUT2D eigenvalue weighted by Crippen LogP contribution is 2.14. The number of pyridine rings is 1. The first-order valence-electron chi connectivity index (χ1n) is 5.11. The fourth-order valence-electron chi connectivity index (χ4n) is 1.24. The zero-order valence-corrected chi connectivity index (χ0v) is 9.58. The number of aromatic nitrogens is 1. The van der Waals surface area contributed by atoms with Crippen LogP contribution in [-0.2, 0) is 4.74 Å². The lowest BCUT2D eigenvalue weighted by Crippen LogP contribution is -2.18. The van der Waals surface area contributed by atoms with Gasteiger partial charge in [-0.25, -0.2) is 4.98 Å². The van der Waals surface area contributed by atoms with E-state index in [4.69, 9.17) is 10.5 Å². The molecule has 0 bridgehead atoms. The molecule has 0 spiro atoms. The fourth-order valence-corrected chi connectivity index (χ4v) is 1.24. The first-order valence-corrected chi connectivity index (χ1v) is 5.11. The van der Waals surface area contributed by atoms with E-state index >= 15 is 0 Å². The standard InChI is InChI=1S/C11H19N3O/c1-8-7-13-11(6-10(8)12)14-9(2)4-5-15-3/h6-7,9H,4-5H2,1-3H3,(H3,12,13,14). The van der Waals surface area contributed by atoms with E-state index in [2.05, 4.69) is 17.2 Å². The maximum atomic E-state index is 5.79. The Bertz CT molecular complexity index is 315. The van der Waals surface area contributed by atoms with Crippen LogP contribution in [0.2, 0.25) is 0 Å². The Labute approximate surface area is 90.8 Å². The molecule has 0 aliphatic rings. The molecule has 0 radical (unpaired) electrons. The Morgan fingerprint density at radius 1 is 1.60 bits per heavy atom. The van der Waals surface area contributed by atoms with Crippen LogP contribution < -0.4 is 11.1 Å². The van der Waals surface area contributed by atoms with Gasteiger partial charge in [-0.05, 0) is 25.8 Å². The van der Waals surface area contributed by atoms with Gasteiger partial charge < -0.3 is 15.8 Å². The molecule has 1 atom stereocenters. The molecule has 15 heavy (non-hydrogen) atoms. The van der Waals surface area contributed by atoms with E-state index in [0.29, 0.717) is 6.04 Å². The largest absolute Gasteiger partial charge is 0.398 e. The lowest BCUT2D eigenvalue weighted by Gasteiger charge is -2.14. The van der Waals surface area contributed by atoms with Crippen LogP contribution in [0.5, 0.6) is 0 Å². The van der Waals surface area contributed by atoms with Gasteiger partial charge in [-0.2, -0.15) is 0 Å². The predicted octanol–water partition coefficient (Wildman–Crippen LogP) is 1.81. The summed E-state index contributed by atoms with van der Waals surface area (Å²) in [6.45, 7) is 4.78. The summed E-state index contributed by atoms with van der Waals surface area (Å²) < 4.78 is 5.01. The number of hydrogen-bond acceptors (Lipinski definition) is 4. The summed E-state index contributed by atoms with van der Waals surface area (Å²) in [5.74, 6) is 0.821. The molecule has 0 saturated heterocycles. The predicted molar refractivity (Wildman–Crippen MR) is 63.0 cm³/mol. The summed E-state index contributed by atoms with van der Waals surface area (Å²) in [4.78, 5) is 4.26. The highest BCUT2D eigenvalue weighted by atomic mass is 16.5. The van der Waals surface area contributed by atoms with Crippen molar-refractivity contribution in [3.05, 3.63) is 17.8 Å². The van der Waals surface area contributed by atoms with Crippen molar-refractivity contribution in [2.24, 2.45) is 0 Å². The van der Waals surface area contributed by atoms with Crippen molar-refractivity contribution < 1.29 is 4.74 Å². The van der Waals surface area contributed by atoms with Crippen molar-refractivity contribution in [3.63, 3.8) is 0 Å². The molecular weight excluding hydrogens is 190 g/mol. The van der Waals surface area contributed by atoms with Crippen molar-refractivity contribution in [2.75, 3.05) is 24.8 Å². The number of aryl methyl sites for hydroxylation is 1. The van der Waals surface area contributed by atoms with Gasteiger partial charge in [0.05, 0.1) is 0 Å². The molecule has 4 heteroatoms. The maximum absolute atomic E-state index is 5.79. The van der Waals surface area contributed by atoms with Crippen LogP contribution in [-0.4, -0.2) is 24.7 Å². The lowest BCUT2D eigenvalue weighted by atomic mass is 10.2. The van der Waals surface area contributed by atoms with Crippen LogP contribution in [0, 0.1) is 6.92 Å². The molecule has 4 nitrogen and oxygen atoms in total. The third-order valence-electron chi connectivity index (χ3n) is 2.29. The summed E-state index contributed by atoms with van der Waals surface area (Å²) in [6, 6.07) is 2.19. The average molecular weight is 209 g/mol. The van der Waals surface area contributed by atoms with Crippen molar-refractivity contribution in [2.45, 2.75) is 26.3 Å². The van der Waals surface area contributed by atoms with E-state index in [1.807, 2.05) is 13.0 Å². The summed E-state index contributed by atoms with van der Waals surface area (Å²) >= 11 is 0. The molecule has 1 aromatic heterocycles. The third-order valence-corrected chi connectivity index (χ3v) is 2.29. The zero-order chi connectivity index (χ0) is 11.3. The first-order chi connectivity index (χ1) is 7.13. The Hall–Kier alpha value is -1.29. The van der Waals surface area contributed by atoms with Crippen LogP contribution in [0.1, 0.15) is 18.9 Å². The maximum Gasteiger partial charge on any atom is 0.128 e. The van der Waals surface area contributed by atoms with Gasteiger partial charge in [0.15, 0.2) is 0 Å². The molecule has 0 amide bonds. The number of nitrogens with one attached hydrogen (secondary N) is 1. The van der Waals surface area contributed by atoms with E-state index in [1.54, 1.807) is 13.3 Å². The van der Waals surface area contributed by atoms with E-state index in [0.717, 1.165) is 30.1 Å². The van der Waals surface area contributed by atoms with Gasteiger partial charge in [0.25, 0.3) is 0 Å². The molecule has 1 aromatic rings. The zero-order valence-electron chi connectivity index (χ0n) is 9.58. The molecule has 0 aliphatic heterocycles. The number of hydrogen-bond donors (Lipinski definition) is 2. The van der Waals surface area contributed by atoms with Crippen molar-refractivity contribution in [1.82, 2.24) is 4.98 Å². The smallest absolute Gasteiger partial charge is 0.128 e. The minimum atomic E-state index is 0.333. The van der Waals surface area contributed by atoms with E-state index < -0.39 is 0 Å². The molecule has 1 rings (SSSR count). The quantitative estimate of drug-likeness (QED) is 0.776. The minimum Gasteiger partial charge on any atom is -0.398 e. The Kier molecular flexibility index (Phi) is 4.37. The van der Waals surface area contributed by atoms with E-state index in [9.17, 15) is 0 Å². The molecule has 0 aliphatic carbocycles. The SMILES string of the molecule is COCCC(C)Nc1cc(N)c(C)cn1. The minimum absolute atomic E-state index is 0.333. The second-order valence-corrected chi connectivity index (χ2v) is 3.75. The second-order valence-electron chi connectivity index (χ2n) is 3.75. The van der Waals surface area contributed by atoms with Crippen LogP contribution in [0.25, 0.3) is 0 Å². The van der Waals surface area contributed by atoms with Crippen molar-refractivity contribution in [3.8, 4) is 0 Å². The topological polar surface area (TPSA) is 60.2 Å². The van der Waals surface area contributed by atoms with Gasteiger partial charge >= 0.3 is 0 Å². The highest BCUT2D eigenvalue weighted by Gasteiger charge is 2.03. The summed E-state index contributed by atoms with van der Waals surface area (Å²) in [6.07, 6.45) is 2.73. The number of methoxy groups -OCH3 is 1. The van der Waals surface area contributed by atoms with Crippen LogP contribution >= 0.6 is 0 Å². The number of nitrogen functional groups attached to an aromatic ring is 1. The summed E-state index contributed by atoms with van der Waals surface area (Å²) in [5, 5.41) is 3.27. The number of nitrogens with two attached hydrogens (primary N) is 1. The van der Waals surface area contributed by atoms with Crippen LogP contribution in [0.15, 0.2) is 12.3 Å². The van der Waals surface area contributed by atoms with Gasteiger partial charge in [-0.3, -0.25) is 0 Å². The van der Waals surface area contributed by atoms with Gasteiger partial charge in [0.1, 0.15) is 5.82 Å². The van der Waals surface area contributed by atoms with Crippen molar-refractivity contribution >= 4 is 11.5 Å². The second kappa shape index (κ2) is 5.56. The Morgan fingerprint density at radius 3 is 2.93 bits per heavy atom. The highest BCUT2D eigenvalue weighted by molar-refractivity contribution is 5.53. The fraction of sp³-hybridized carbons (Fsp3) is 0.545. The molecule has 0 saturated carbocycles. The average Bonchev–Trinajstić information content (AvgIpc) is 2.20. The molecule has 0 fully saturated rings. The normalized spacial score (nSPS) is 12.5. The molecule has 0 aromatic carbocycles. The number of ether oxygens (including phenoxy) is 1. The van der Waals surface area contributed by atoms with Crippen LogP contribution in [0.3, 0.4) is 0 Å². The van der Waals surface area contributed by atoms with Gasteiger partial charge in [0, 0.05) is 37.7 Å². The molecule has 3 N–H and O–H groups in total. The summed E-state index contributed by atoms with van der Waals surface area (Å²) in [5.41, 5.74) is 7.57. The van der Waals surface area contributed by atoms with Gasteiger partial charge in [-0.15, -0.1) is 0 Å². The first kappa shape index (κ1) is 11.8. The van der Waals surface area contributed by atoms with Crippen molar-refractivity contribution in [1.29, 1.82) is 0 Å². The molecule has 1 unspecified atom stereocenters. The monoisotopic (exact) mass is 209 g/mol. The lowest BCUT2D eigenvalue weighted by molar-refractivity contribution is 0.191.